The first-order chi connectivity index (χ1) is 12.7. The Morgan fingerprint density at radius 2 is 1.44 bits per heavy atom. The van der Waals surface area contributed by atoms with Gasteiger partial charge in [-0.3, -0.25) is 9.59 Å². The quantitative estimate of drug-likeness (QED) is 0.308. The lowest BCUT2D eigenvalue weighted by Gasteiger charge is -2.31. The average molecular weight is 389 g/mol. The van der Waals surface area contributed by atoms with E-state index in [1.54, 1.807) is 0 Å². The van der Waals surface area contributed by atoms with Crippen LogP contribution >= 0.6 is 0 Å². The van der Waals surface area contributed by atoms with Gasteiger partial charge in [0.15, 0.2) is 0 Å². The van der Waals surface area contributed by atoms with Gasteiger partial charge >= 0.3 is 11.9 Å². The Hall–Kier alpha value is -1.14. The molecule has 0 aromatic carbocycles. The van der Waals surface area contributed by atoms with Crippen LogP contribution in [0.2, 0.25) is 0 Å². The SMILES string of the molecule is CCC(C)(O)CCCCOC(=O)CCCCC(=O)OC(CC)(CC)CCO. The summed E-state index contributed by atoms with van der Waals surface area (Å²) in [6, 6.07) is 0. The van der Waals surface area contributed by atoms with E-state index in [0.717, 1.165) is 12.8 Å². The summed E-state index contributed by atoms with van der Waals surface area (Å²) < 4.78 is 10.8. The summed E-state index contributed by atoms with van der Waals surface area (Å²) in [5.74, 6) is -0.522. The van der Waals surface area contributed by atoms with Crippen LogP contribution in [0.5, 0.6) is 0 Å². The van der Waals surface area contributed by atoms with Crippen molar-refractivity contribution >= 4 is 11.9 Å². The summed E-state index contributed by atoms with van der Waals surface area (Å²) in [6.07, 6.45) is 6.52. The molecule has 0 aromatic heterocycles. The van der Waals surface area contributed by atoms with Gasteiger partial charge in [0, 0.05) is 25.9 Å². The average Bonchev–Trinajstić information content (AvgIpc) is 2.64. The van der Waals surface area contributed by atoms with Gasteiger partial charge in [0.1, 0.15) is 5.60 Å². The number of esters is 2. The summed E-state index contributed by atoms with van der Waals surface area (Å²) in [7, 11) is 0. The maximum atomic E-state index is 12.0. The van der Waals surface area contributed by atoms with E-state index < -0.39 is 11.2 Å². The molecule has 0 spiro atoms. The first-order valence-corrected chi connectivity index (χ1v) is 10.4. The van der Waals surface area contributed by atoms with Crippen LogP contribution < -0.4 is 0 Å². The molecule has 0 aromatic rings. The highest BCUT2D eigenvalue weighted by Gasteiger charge is 2.29. The number of aliphatic hydroxyl groups excluding tert-OH is 1. The summed E-state index contributed by atoms with van der Waals surface area (Å²) in [6.45, 7) is 8.04. The third-order valence-corrected chi connectivity index (χ3v) is 5.33. The molecule has 27 heavy (non-hydrogen) atoms. The maximum Gasteiger partial charge on any atom is 0.306 e. The Labute approximate surface area is 164 Å². The van der Waals surface area contributed by atoms with Crippen LogP contribution in [0.3, 0.4) is 0 Å². The zero-order valence-corrected chi connectivity index (χ0v) is 17.7. The van der Waals surface area contributed by atoms with E-state index >= 15 is 0 Å². The van der Waals surface area contributed by atoms with E-state index in [1.165, 1.54) is 0 Å². The molecule has 0 bridgehead atoms. The van der Waals surface area contributed by atoms with Crippen molar-refractivity contribution in [1.29, 1.82) is 0 Å². The van der Waals surface area contributed by atoms with Crippen LogP contribution in [0.1, 0.15) is 98.3 Å². The standard InChI is InChI=1S/C21H40O6/c1-5-20(4,25)14-10-11-17-26-18(23)12-8-9-13-19(24)27-21(6-2,7-3)15-16-22/h22,25H,5-17H2,1-4H3. The van der Waals surface area contributed by atoms with Gasteiger partial charge in [-0.2, -0.15) is 0 Å². The topological polar surface area (TPSA) is 93.1 Å². The largest absolute Gasteiger partial charge is 0.466 e. The van der Waals surface area contributed by atoms with Gasteiger partial charge in [-0.25, -0.2) is 0 Å². The summed E-state index contributed by atoms with van der Waals surface area (Å²) in [5.41, 5.74) is -1.21. The number of aliphatic hydroxyl groups is 2. The molecule has 2 N–H and O–H groups in total. The fourth-order valence-corrected chi connectivity index (χ4v) is 2.88. The van der Waals surface area contributed by atoms with Crippen molar-refractivity contribution in [3.05, 3.63) is 0 Å². The Balaban J connectivity index is 3.85. The molecule has 0 amide bonds. The number of carbonyl (C=O) groups excluding carboxylic acids is 2. The van der Waals surface area contributed by atoms with Gasteiger partial charge in [-0.1, -0.05) is 20.8 Å². The Kier molecular flexibility index (Phi) is 13.4. The summed E-state index contributed by atoms with van der Waals surface area (Å²) >= 11 is 0. The molecule has 0 saturated carbocycles. The van der Waals surface area contributed by atoms with Crippen LogP contribution in [0.25, 0.3) is 0 Å². The van der Waals surface area contributed by atoms with Crippen molar-refractivity contribution in [2.45, 2.75) is 110 Å². The van der Waals surface area contributed by atoms with Crippen molar-refractivity contribution in [3.8, 4) is 0 Å². The lowest BCUT2D eigenvalue weighted by molar-refractivity contribution is -0.162. The molecule has 1 unspecified atom stereocenters. The van der Waals surface area contributed by atoms with Gasteiger partial charge in [0.05, 0.1) is 12.2 Å². The smallest absolute Gasteiger partial charge is 0.306 e. The summed E-state index contributed by atoms with van der Waals surface area (Å²) in [5, 5.41) is 19.0. The van der Waals surface area contributed by atoms with Crippen molar-refractivity contribution < 1.29 is 29.3 Å². The molecule has 0 radical (unpaired) electrons. The van der Waals surface area contributed by atoms with E-state index in [0.29, 0.717) is 58.0 Å². The highest BCUT2D eigenvalue weighted by molar-refractivity contribution is 5.71. The van der Waals surface area contributed by atoms with Gasteiger partial charge < -0.3 is 19.7 Å². The molecule has 0 aliphatic heterocycles. The van der Waals surface area contributed by atoms with E-state index in [9.17, 15) is 14.7 Å². The first-order valence-electron chi connectivity index (χ1n) is 10.4. The number of hydrogen-bond donors (Lipinski definition) is 2. The lowest BCUT2D eigenvalue weighted by Crippen LogP contribution is -2.35. The van der Waals surface area contributed by atoms with E-state index in [-0.39, 0.29) is 25.0 Å². The number of ether oxygens (including phenoxy) is 2. The monoisotopic (exact) mass is 388 g/mol. The van der Waals surface area contributed by atoms with Crippen molar-refractivity contribution in [1.82, 2.24) is 0 Å². The van der Waals surface area contributed by atoms with Crippen LogP contribution in [-0.4, -0.2) is 46.6 Å². The van der Waals surface area contributed by atoms with E-state index in [2.05, 4.69) is 0 Å². The normalized spacial score (nSPS) is 13.9. The molecular weight excluding hydrogens is 348 g/mol. The molecular formula is C21H40O6. The zero-order valence-electron chi connectivity index (χ0n) is 17.7. The lowest BCUT2D eigenvalue weighted by atomic mass is 9.93. The predicted octanol–water partition coefficient (Wildman–Crippen LogP) is 3.91. The summed E-state index contributed by atoms with van der Waals surface area (Å²) in [4.78, 5) is 23.7. The van der Waals surface area contributed by atoms with Crippen LogP contribution in [0.15, 0.2) is 0 Å². The third kappa shape index (κ3) is 12.0. The molecule has 160 valence electrons. The minimum Gasteiger partial charge on any atom is -0.466 e. The van der Waals surface area contributed by atoms with Crippen molar-refractivity contribution in [2.24, 2.45) is 0 Å². The zero-order chi connectivity index (χ0) is 20.8. The second kappa shape index (κ2) is 13.9. The van der Waals surface area contributed by atoms with Gasteiger partial charge in [0.25, 0.3) is 0 Å². The first kappa shape index (κ1) is 25.9. The van der Waals surface area contributed by atoms with Crippen molar-refractivity contribution in [3.63, 3.8) is 0 Å². The number of carbonyl (C=O) groups is 2. The Bertz CT molecular complexity index is 415. The Morgan fingerprint density at radius 3 is 1.96 bits per heavy atom. The van der Waals surface area contributed by atoms with Gasteiger partial charge in [-0.05, 0) is 58.3 Å². The second-order valence-electron chi connectivity index (χ2n) is 7.57. The predicted molar refractivity (Wildman–Crippen MR) is 105 cm³/mol. The molecule has 0 aliphatic rings. The Morgan fingerprint density at radius 1 is 0.852 bits per heavy atom. The molecule has 0 saturated heterocycles. The second-order valence-corrected chi connectivity index (χ2v) is 7.57. The minimum atomic E-state index is -0.636. The van der Waals surface area contributed by atoms with Gasteiger partial charge in [0.2, 0.25) is 0 Å². The number of hydrogen-bond acceptors (Lipinski definition) is 6. The van der Waals surface area contributed by atoms with Crippen LogP contribution in [-0.2, 0) is 19.1 Å². The van der Waals surface area contributed by atoms with Crippen LogP contribution in [0.4, 0.5) is 0 Å². The molecule has 0 fully saturated rings. The van der Waals surface area contributed by atoms with Gasteiger partial charge in [-0.15, -0.1) is 0 Å². The van der Waals surface area contributed by atoms with E-state index in [4.69, 9.17) is 14.6 Å². The number of rotatable bonds is 16. The molecule has 0 aliphatic carbocycles. The molecule has 0 heterocycles. The van der Waals surface area contributed by atoms with Crippen LogP contribution in [0, 0.1) is 0 Å². The minimum absolute atomic E-state index is 0.00318. The third-order valence-electron chi connectivity index (χ3n) is 5.33. The molecule has 6 heteroatoms. The fourth-order valence-electron chi connectivity index (χ4n) is 2.88. The highest BCUT2D eigenvalue weighted by atomic mass is 16.6. The molecule has 6 nitrogen and oxygen atoms in total. The number of unbranched alkanes of at least 4 members (excludes halogenated alkanes) is 2. The van der Waals surface area contributed by atoms with E-state index in [1.807, 2.05) is 27.7 Å². The fraction of sp³-hybridized carbons (Fsp3) is 0.905. The maximum absolute atomic E-state index is 12.0. The molecule has 1 atom stereocenters. The van der Waals surface area contributed by atoms with Crippen molar-refractivity contribution in [2.75, 3.05) is 13.2 Å². The highest BCUT2D eigenvalue weighted by Crippen LogP contribution is 2.25. The molecule has 0 rings (SSSR count).